The summed E-state index contributed by atoms with van der Waals surface area (Å²) in [5, 5.41) is 52.5. The van der Waals surface area contributed by atoms with E-state index in [9.17, 15) is 54.4 Å². The molecule has 21 nitrogen and oxygen atoms in total. The summed E-state index contributed by atoms with van der Waals surface area (Å²) >= 11 is 1.17. The number of benzene rings is 2. The number of aliphatic carboxylic acids is 1. The number of aliphatic hydroxyl groups is 1. The number of nitro groups is 2. The number of hydrogen-bond donors (Lipinski definition) is 4. The highest BCUT2D eigenvalue weighted by molar-refractivity contribution is 8.03. The van der Waals surface area contributed by atoms with Gasteiger partial charge in [-0.1, -0.05) is 6.92 Å². The lowest BCUT2D eigenvalue weighted by atomic mass is 9.79. The number of nitrogens with zero attached hydrogens (tertiary/aromatic N) is 6. The molecule has 0 aromatic heterocycles. The molecule has 6 rings (SSSR count). The van der Waals surface area contributed by atoms with E-state index in [0.29, 0.717) is 16.0 Å². The Hall–Kier alpha value is -6.29. The Morgan fingerprint density at radius 3 is 1.98 bits per heavy atom. The Labute approximate surface area is 334 Å². The molecule has 308 valence electrons. The Kier molecular flexibility index (Phi) is 12.2. The molecule has 0 bridgehead atoms. The minimum absolute atomic E-state index is 0.0156. The maximum Gasteiger partial charge on any atom is 0.414 e. The number of carboxylic acids is 1. The number of likely N-dealkylation sites (tertiary alicyclic amines) is 1. The number of ether oxygens (including phenoxy) is 2. The van der Waals surface area contributed by atoms with E-state index < -0.39 is 75.1 Å². The molecule has 1 unspecified atom stereocenters. The van der Waals surface area contributed by atoms with Crippen molar-refractivity contribution in [3.8, 4) is 0 Å². The highest BCUT2D eigenvalue weighted by Crippen LogP contribution is 2.52. The van der Waals surface area contributed by atoms with Gasteiger partial charge in [-0.25, -0.2) is 14.4 Å². The van der Waals surface area contributed by atoms with Gasteiger partial charge in [0.2, 0.25) is 17.8 Å². The van der Waals surface area contributed by atoms with Crippen molar-refractivity contribution in [1.29, 1.82) is 5.41 Å². The zero-order valence-corrected chi connectivity index (χ0v) is 32.0. The lowest BCUT2D eigenvalue weighted by molar-refractivity contribution is -0.385. The van der Waals surface area contributed by atoms with Gasteiger partial charge in [0, 0.05) is 73.1 Å². The van der Waals surface area contributed by atoms with Crippen molar-refractivity contribution in [2.75, 3.05) is 32.7 Å². The number of aliphatic hydroxyl groups excluding tert-OH is 1. The number of carboxylic acid groups (broad SMARTS) is 1. The molecule has 58 heavy (non-hydrogen) atoms. The van der Waals surface area contributed by atoms with Crippen LogP contribution in [-0.2, 0) is 37.1 Å². The van der Waals surface area contributed by atoms with Crippen molar-refractivity contribution < 1.29 is 53.5 Å². The summed E-state index contributed by atoms with van der Waals surface area (Å²) in [5.41, 5.74) is 0.514. The summed E-state index contributed by atoms with van der Waals surface area (Å²) in [6, 6.07) is 9.26. The third-order valence-electron chi connectivity index (χ3n) is 10.5. The van der Waals surface area contributed by atoms with Gasteiger partial charge in [-0.05, 0) is 48.7 Å². The normalized spacial score (nSPS) is 23.2. The molecule has 0 aliphatic carbocycles. The minimum Gasteiger partial charge on any atom is -0.477 e. The summed E-state index contributed by atoms with van der Waals surface area (Å²) in [7, 11) is 0. The third kappa shape index (κ3) is 8.51. The number of nitro benzene ring substituents is 2. The zero-order valence-electron chi connectivity index (χ0n) is 31.2. The first-order valence-corrected chi connectivity index (χ1v) is 19.0. The highest BCUT2D eigenvalue weighted by Gasteiger charge is 2.60. The monoisotopic (exact) mass is 824 g/mol. The number of rotatable bonds is 11. The van der Waals surface area contributed by atoms with E-state index in [1.165, 1.54) is 86.8 Å². The first-order chi connectivity index (χ1) is 27.5. The molecular formula is C36H40N8O13S. The lowest BCUT2D eigenvalue weighted by Crippen LogP contribution is -2.63. The number of non-ortho nitro benzene ring substituents is 2. The number of nitrogens with one attached hydrogen (secondary N) is 2. The number of amides is 4. The molecule has 6 atom stereocenters. The fraction of sp³-hybridized carbons (Fsp3) is 0.444. The zero-order chi connectivity index (χ0) is 42.0. The van der Waals surface area contributed by atoms with Gasteiger partial charge >= 0.3 is 18.2 Å². The third-order valence-corrected chi connectivity index (χ3v) is 12.0. The van der Waals surface area contributed by atoms with E-state index in [4.69, 9.17) is 14.9 Å². The molecule has 0 saturated carbocycles. The van der Waals surface area contributed by atoms with E-state index in [1.807, 2.05) is 0 Å². The predicted octanol–water partition coefficient (Wildman–Crippen LogP) is 2.47. The Morgan fingerprint density at radius 2 is 1.47 bits per heavy atom. The van der Waals surface area contributed by atoms with Crippen molar-refractivity contribution in [3.05, 3.63) is 90.5 Å². The van der Waals surface area contributed by atoms with Gasteiger partial charge in [-0.3, -0.25) is 45.4 Å². The van der Waals surface area contributed by atoms with E-state index in [2.05, 4.69) is 5.32 Å². The van der Waals surface area contributed by atoms with Crippen LogP contribution in [0.4, 0.5) is 21.0 Å². The van der Waals surface area contributed by atoms with Gasteiger partial charge in [0.05, 0.1) is 27.9 Å². The van der Waals surface area contributed by atoms with Crippen LogP contribution in [0.5, 0.6) is 0 Å². The number of hydrogen-bond acceptors (Lipinski definition) is 14. The Bertz CT molecular complexity index is 2040. The Balaban J connectivity index is 1.10. The summed E-state index contributed by atoms with van der Waals surface area (Å²) in [5.74, 6) is -3.70. The van der Waals surface area contributed by atoms with Gasteiger partial charge in [0.25, 0.3) is 11.4 Å². The molecule has 2 aromatic rings. The van der Waals surface area contributed by atoms with Gasteiger partial charge < -0.3 is 34.4 Å². The standard InChI is InChI=1S/C36H40N8O13S/c1-19-28-27(20(2)45)32(47)42(28)29(33(48)49)30(19)58-25-15-26(41(16-25)36(51)57-18-22-5-9-24(10-6-22)44(54)55)31(46)39-11-13-40(14-12-39)34(37)38-35(50)56-17-21-3-7-23(8-4-21)43(52)53/h3-10,19-20,25-28,45H,11-18H2,1-2H3,(H,48,49)(H2,37,38,50)/t19-,20?,25+,26+,27-,28-/m1/s1. The second kappa shape index (κ2) is 17.1. The second-order valence-corrected chi connectivity index (χ2v) is 15.5. The van der Waals surface area contributed by atoms with Crippen LogP contribution in [-0.4, -0.2) is 132 Å². The van der Waals surface area contributed by atoms with E-state index in [1.54, 1.807) is 6.92 Å². The molecule has 22 heteroatoms. The fourth-order valence-electron chi connectivity index (χ4n) is 7.55. The predicted molar refractivity (Wildman–Crippen MR) is 202 cm³/mol. The topological polar surface area (TPSA) is 279 Å². The first-order valence-electron chi connectivity index (χ1n) is 18.2. The Morgan fingerprint density at radius 1 is 0.931 bits per heavy atom. The average molecular weight is 825 g/mol. The lowest BCUT2D eigenvalue weighted by Gasteiger charge is -2.46. The van der Waals surface area contributed by atoms with Crippen LogP contribution in [0.15, 0.2) is 59.1 Å². The molecule has 4 heterocycles. The molecule has 4 amide bonds. The maximum absolute atomic E-state index is 14.1. The molecule has 2 aromatic carbocycles. The molecule has 4 N–H and O–H groups in total. The number of alkyl carbamates (subject to hydrolysis) is 1. The van der Waals surface area contributed by atoms with Crippen LogP contribution in [0.1, 0.15) is 31.4 Å². The largest absolute Gasteiger partial charge is 0.477 e. The smallest absolute Gasteiger partial charge is 0.414 e. The van der Waals surface area contributed by atoms with E-state index >= 15 is 0 Å². The number of carbonyl (C=O) groups is 5. The maximum atomic E-state index is 14.1. The molecule has 3 fully saturated rings. The first kappa shape index (κ1) is 41.3. The van der Waals surface area contributed by atoms with Crippen LogP contribution in [0.3, 0.4) is 0 Å². The molecule has 0 radical (unpaired) electrons. The second-order valence-electron chi connectivity index (χ2n) is 14.2. The van der Waals surface area contributed by atoms with Crippen molar-refractivity contribution in [2.24, 2.45) is 11.8 Å². The SMILES string of the molecule is CC(O)[C@H]1C(=O)N2C(C(=O)O)=C(S[C@H]3C[C@@H](C(=O)N4CCN(C(=N)NC(=O)OCc5ccc([N+](=O)[O-])cc5)CC4)N(C(=O)OCc4ccc([N+](=O)[O-])cc4)C3)[C@H](C)[C@H]12. The number of guanidine groups is 1. The van der Waals surface area contributed by atoms with Gasteiger partial charge in [0.15, 0.2) is 0 Å². The average Bonchev–Trinajstić information content (AvgIpc) is 3.72. The quantitative estimate of drug-likeness (QED) is 0.0833. The van der Waals surface area contributed by atoms with Gasteiger partial charge in [-0.2, -0.15) is 0 Å². The minimum atomic E-state index is -1.31. The number of β-lactam (4-membered cyclic amide) rings is 1. The van der Waals surface area contributed by atoms with Crippen molar-refractivity contribution in [2.45, 2.75) is 56.9 Å². The molecule has 0 spiro atoms. The fourth-order valence-corrected chi connectivity index (χ4v) is 9.08. The number of fused-ring (bicyclic) bond motifs is 1. The summed E-state index contributed by atoms with van der Waals surface area (Å²) < 4.78 is 10.7. The van der Waals surface area contributed by atoms with Crippen molar-refractivity contribution >= 4 is 59.1 Å². The van der Waals surface area contributed by atoms with Crippen LogP contribution in [0.25, 0.3) is 0 Å². The molecule has 4 aliphatic heterocycles. The van der Waals surface area contributed by atoms with Crippen molar-refractivity contribution in [3.63, 3.8) is 0 Å². The van der Waals surface area contributed by atoms with Crippen LogP contribution >= 0.6 is 11.8 Å². The van der Waals surface area contributed by atoms with E-state index in [-0.39, 0.29) is 75.4 Å². The van der Waals surface area contributed by atoms with Gasteiger partial charge in [0.1, 0.15) is 25.0 Å². The van der Waals surface area contributed by atoms with E-state index in [0.717, 1.165) is 0 Å². The summed E-state index contributed by atoms with van der Waals surface area (Å²) in [4.78, 5) is 92.2. The van der Waals surface area contributed by atoms with Crippen LogP contribution < -0.4 is 5.32 Å². The number of piperazine rings is 1. The molecule has 4 aliphatic rings. The highest BCUT2D eigenvalue weighted by atomic mass is 32.2. The molecular weight excluding hydrogens is 785 g/mol. The van der Waals surface area contributed by atoms with Crippen molar-refractivity contribution in [1.82, 2.24) is 24.9 Å². The van der Waals surface area contributed by atoms with Crippen LogP contribution in [0, 0.1) is 37.5 Å². The number of thioether (sulfide) groups is 1. The molecule has 3 saturated heterocycles. The summed E-state index contributed by atoms with van der Waals surface area (Å²) in [6.07, 6.45) is -2.65. The van der Waals surface area contributed by atoms with Gasteiger partial charge in [-0.15, -0.1) is 11.8 Å². The van der Waals surface area contributed by atoms with Crippen LogP contribution in [0.2, 0.25) is 0 Å². The summed E-state index contributed by atoms with van der Waals surface area (Å²) in [6.45, 7) is 3.31. The number of carbonyl (C=O) groups excluding carboxylic acids is 4.